The molecule has 0 radical (unpaired) electrons. The van der Waals surface area contributed by atoms with Gasteiger partial charge in [-0.3, -0.25) is 14.0 Å². The van der Waals surface area contributed by atoms with E-state index in [1.165, 1.54) is 0 Å². The summed E-state index contributed by atoms with van der Waals surface area (Å²) in [6, 6.07) is 9.69. The van der Waals surface area contributed by atoms with E-state index in [4.69, 9.17) is 0 Å². The molecule has 1 saturated heterocycles. The maximum atomic E-state index is 13.0. The molecule has 0 bridgehead atoms. The molecule has 0 aliphatic carbocycles. The minimum Gasteiger partial charge on any atom is -0.334 e. The van der Waals surface area contributed by atoms with Crippen LogP contribution in [-0.2, 0) is 6.54 Å². The number of carbonyl (C=O) groups excluding carboxylic acids is 1. The topological polar surface area (TPSA) is 68.8 Å². The fraction of sp³-hybridized carbons (Fsp3) is 0.333. The van der Waals surface area contributed by atoms with Crippen molar-refractivity contribution in [1.82, 2.24) is 29.4 Å². The Hall–Kier alpha value is -2.96. The third-order valence-electron chi connectivity index (χ3n) is 4.68. The van der Waals surface area contributed by atoms with Crippen molar-refractivity contribution < 1.29 is 4.79 Å². The molecule has 2 aromatic heterocycles. The highest BCUT2D eigenvalue weighted by Crippen LogP contribution is 2.21. The lowest BCUT2D eigenvalue weighted by atomic mass is 10.0. The van der Waals surface area contributed by atoms with Crippen LogP contribution in [0.4, 0.5) is 0 Å². The van der Waals surface area contributed by atoms with Crippen molar-refractivity contribution in [3.63, 3.8) is 0 Å². The Kier molecular flexibility index (Phi) is 4.28. The van der Waals surface area contributed by atoms with E-state index in [-0.39, 0.29) is 11.9 Å². The Bertz CT molecular complexity index is 810. The molecule has 7 heteroatoms. The van der Waals surface area contributed by atoms with Crippen molar-refractivity contribution >= 4 is 5.91 Å². The first-order valence-corrected chi connectivity index (χ1v) is 8.55. The van der Waals surface area contributed by atoms with E-state index in [0.717, 1.165) is 38.0 Å². The number of aromatic nitrogens is 5. The predicted octanol–water partition coefficient (Wildman–Crippen LogP) is 2.16. The second kappa shape index (κ2) is 6.88. The van der Waals surface area contributed by atoms with Gasteiger partial charge in [-0.15, -0.1) is 10.2 Å². The highest BCUT2D eigenvalue weighted by molar-refractivity contribution is 5.94. The molecule has 1 amide bonds. The Balaban J connectivity index is 1.51. The number of hydrogen-bond donors (Lipinski definition) is 0. The van der Waals surface area contributed by atoms with Crippen molar-refractivity contribution in [3.05, 3.63) is 60.9 Å². The largest absolute Gasteiger partial charge is 0.334 e. The fourth-order valence-corrected chi connectivity index (χ4v) is 3.36. The molecule has 1 fully saturated rings. The summed E-state index contributed by atoms with van der Waals surface area (Å²) in [5, 5.41) is 11.9. The zero-order valence-corrected chi connectivity index (χ0v) is 13.9. The van der Waals surface area contributed by atoms with Crippen LogP contribution in [0.25, 0.3) is 5.69 Å². The van der Waals surface area contributed by atoms with Crippen LogP contribution < -0.4 is 0 Å². The van der Waals surface area contributed by atoms with E-state index in [1.54, 1.807) is 18.9 Å². The molecule has 3 aromatic rings. The predicted molar refractivity (Wildman–Crippen MR) is 92.3 cm³/mol. The number of carbonyl (C=O) groups is 1. The van der Waals surface area contributed by atoms with Gasteiger partial charge in [0.05, 0.1) is 12.6 Å². The Labute approximate surface area is 145 Å². The molecular weight excluding hydrogens is 316 g/mol. The molecule has 1 aliphatic rings. The maximum Gasteiger partial charge on any atom is 0.254 e. The van der Waals surface area contributed by atoms with Crippen molar-refractivity contribution in [2.45, 2.75) is 31.8 Å². The van der Waals surface area contributed by atoms with Gasteiger partial charge in [-0.05, 0) is 49.6 Å². The van der Waals surface area contributed by atoms with Gasteiger partial charge in [0.25, 0.3) is 5.91 Å². The average Bonchev–Trinajstić information content (AvgIpc) is 3.36. The Morgan fingerprint density at radius 3 is 2.64 bits per heavy atom. The van der Waals surface area contributed by atoms with Gasteiger partial charge in [-0.2, -0.15) is 5.10 Å². The van der Waals surface area contributed by atoms with Crippen LogP contribution >= 0.6 is 0 Å². The minimum atomic E-state index is 0.0900. The second-order valence-corrected chi connectivity index (χ2v) is 6.29. The first-order valence-electron chi connectivity index (χ1n) is 8.55. The molecule has 0 N–H and O–H groups in total. The van der Waals surface area contributed by atoms with Crippen molar-refractivity contribution in [2.75, 3.05) is 6.54 Å². The highest BCUT2D eigenvalue weighted by atomic mass is 16.2. The SMILES string of the molecule is O=C(c1ccc(-n2cnnc2)cc1)N1CCCCC1Cn1cccn1. The molecule has 7 nitrogen and oxygen atoms in total. The summed E-state index contributed by atoms with van der Waals surface area (Å²) in [6.45, 7) is 1.55. The van der Waals surface area contributed by atoms with E-state index in [1.807, 2.05) is 50.7 Å². The molecular formula is C18H20N6O. The van der Waals surface area contributed by atoms with Crippen molar-refractivity contribution in [3.8, 4) is 5.69 Å². The number of nitrogens with zero attached hydrogens (tertiary/aromatic N) is 6. The lowest BCUT2D eigenvalue weighted by molar-refractivity contribution is 0.0584. The first kappa shape index (κ1) is 15.6. The molecule has 4 rings (SSSR count). The molecule has 1 unspecified atom stereocenters. The maximum absolute atomic E-state index is 13.0. The summed E-state index contributed by atoms with van der Waals surface area (Å²) in [7, 11) is 0. The zero-order valence-electron chi connectivity index (χ0n) is 13.9. The van der Waals surface area contributed by atoms with Gasteiger partial charge in [-0.25, -0.2) is 0 Å². The third-order valence-corrected chi connectivity index (χ3v) is 4.68. The number of hydrogen-bond acceptors (Lipinski definition) is 4. The second-order valence-electron chi connectivity index (χ2n) is 6.29. The van der Waals surface area contributed by atoms with Gasteiger partial charge >= 0.3 is 0 Å². The van der Waals surface area contributed by atoms with Gasteiger partial charge in [-0.1, -0.05) is 0 Å². The molecule has 1 atom stereocenters. The van der Waals surface area contributed by atoms with Crippen LogP contribution in [0.2, 0.25) is 0 Å². The van der Waals surface area contributed by atoms with Gasteiger partial charge in [0.15, 0.2) is 0 Å². The van der Waals surface area contributed by atoms with E-state index in [2.05, 4.69) is 15.3 Å². The van der Waals surface area contributed by atoms with Crippen molar-refractivity contribution in [2.24, 2.45) is 0 Å². The van der Waals surface area contributed by atoms with Gasteiger partial charge in [0.1, 0.15) is 12.7 Å². The zero-order chi connectivity index (χ0) is 17.1. The lowest BCUT2D eigenvalue weighted by Crippen LogP contribution is -2.45. The number of benzene rings is 1. The average molecular weight is 336 g/mol. The molecule has 1 aromatic carbocycles. The van der Waals surface area contributed by atoms with E-state index in [0.29, 0.717) is 5.56 Å². The molecule has 1 aliphatic heterocycles. The number of piperidine rings is 1. The van der Waals surface area contributed by atoms with Gasteiger partial charge < -0.3 is 4.90 Å². The van der Waals surface area contributed by atoms with E-state index < -0.39 is 0 Å². The number of likely N-dealkylation sites (tertiary alicyclic amines) is 1. The Morgan fingerprint density at radius 1 is 1.12 bits per heavy atom. The molecule has 0 spiro atoms. The van der Waals surface area contributed by atoms with Gasteiger partial charge in [0, 0.05) is 30.2 Å². The van der Waals surface area contributed by atoms with E-state index >= 15 is 0 Å². The summed E-state index contributed by atoms with van der Waals surface area (Å²) < 4.78 is 3.72. The Morgan fingerprint density at radius 2 is 1.92 bits per heavy atom. The van der Waals surface area contributed by atoms with Crippen LogP contribution in [0.1, 0.15) is 29.6 Å². The fourth-order valence-electron chi connectivity index (χ4n) is 3.36. The summed E-state index contributed by atoms with van der Waals surface area (Å²) in [6.07, 6.45) is 10.2. The number of rotatable bonds is 4. The monoisotopic (exact) mass is 336 g/mol. The van der Waals surface area contributed by atoms with E-state index in [9.17, 15) is 4.79 Å². The molecule has 25 heavy (non-hydrogen) atoms. The highest BCUT2D eigenvalue weighted by Gasteiger charge is 2.27. The minimum absolute atomic E-state index is 0.0900. The van der Waals surface area contributed by atoms with Crippen LogP contribution in [0.15, 0.2) is 55.4 Å². The molecule has 3 heterocycles. The quantitative estimate of drug-likeness (QED) is 0.732. The first-order chi connectivity index (χ1) is 12.3. The third kappa shape index (κ3) is 3.31. The number of amides is 1. The van der Waals surface area contributed by atoms with Crippen LogP contribution in [0, 0.1) is 0 Å². The summed E-state index contributed by atoms with van der Waals surface area (Å²) in [4.78, 5) is 15.0. The van der Waals surface area contributed by atoms with Gasteiger partial charge in [0.2, 0.25) is 0 Å². The summed E-state index contributed by atoms with van der Waals surface area (Å²) in [5.41, 5.74) is 1.65. The summed E-state index contributed by atoms with van der Waals surface area (Å²) in [5.74, 6) is 0.0900. The van der Waals surface area contributed by atoms with Crippen LogP contribution in [-0.4, -0.2) is 47.9 Å². The smallest absolute Gasteiger partial charge is 0.254 e. The normalized spacial score (nSPS) is 17.6. The molecule has 0 saturated carbocycles. The summed E-state index contributed by atoms with van der Waals surface area (Å²) >= 11 is 0. The van der Waals surface area contributed by atoms with Crippen LogP contribution in [0.3, 0.4) is 0 Å². The standard InChI is InChI=1S/C18H20N6O/c25-18(15-5-7-16(8-6-15)22-13-19-20-14-22)24-11-2-1-4-17(24)12-23-10-3-9-21-23/h3,5-10,13-14,17H,1-2,4,11-12H2. The van der Waals surface area contributed by atoms with Crippen molar-refractivity contribution in [1.29, 1.82) is 0 Å². The van der Waals surface area contributed by atoms with Crippen LogP contribution in [0.5, 0.6) is 0 Å². The lowest BCUT2D eigenvalue weighted by Gasteiger charge is -2.35. The molecule has 128 valence electrons.